The number of rotatable bonds is 8. The van der Waals surface area contributed by atoms with Crippen LogP contribution in [0.1, 0.15) is 78.1 Å². The van der Waals surface area contributed by atoms with E-state index in [1.54, 1.807) is 6.08 Å². The maximum absolute atomic E-state index is 11.5. The normalized spacial score (nSPS) is 12.4. The van der Waals surface area contributed by atoms with E-state index >= 15 is 0 Å². The Labute approximate surface area is 310 Å². The third-order valence-corrected chi connectivity index (χ3v) is 8.22. The van der Waals surface area contributed by atoms with Gasteiger partial charge < -0.3 is 20.2 Å². The molecule has 8 bridgehead atoms. The van der Waals surface area contributed by atoms with Crippen molar-refractivity contribution in [2.75, 3.05) is 0 Å². The van der Waals surface area contributed by atoms with Crippen LogP contribution in [0, 0.1) is 13.8 Å². The van der Waals surface area contributed by atoms with Crippen molar-refractivity contribution in [2.24, 2.45) is 0 Å². The van der Waals surface area contributed by atoms with Gasteiger partial charge in [0.05, 0.1) is 22.8 Å². The summed E-state index contributed by atoms with van der Waals surface area (Å²) in [6, 6.07) is 7.88. The molecule has 49 heavy (non-hydrogen) atoms. The smallest absolute Gasteiger partial charge is 0.394 e. The van der Waals surface area contributed by atoms with Crippen LogP contribution in [-0.4, -0.2) is 82.7 Å². The standard InChI is InChI=1S/C34H34N4O4.Fe.Mg.H2O4S.2H/c1-7-21-17(3)25-13-26-19(5)23(9-11-33(39)40)31(37-26)16-32-24(10-12-34(41)42)20(6)28(38-32)15-30-22(8-2)18(4)27(36-30)14-29(21)35-25;;;1-5(2,3)4;;/h7-8,13-16,35,38H,1-2,9-12H2,3-6H3,(H,39,40)(H,41,42);;;(H2,1,2,3,4);;. The number of carboxylic acid groups (broad SMARTS) is 2. The number of aliphatic carboxylic acids is 2. The van der Waals surface area contributed by atoms with Crippen molar-refractivity contribution < 1.29 is 54.4 Å². The summed E-state index contributed by atoms with van der Waals surface area (Å²) in [4.78, 5) is 40.0. The molecule has 0 spiro atoms. The summed E-state index contributed by atoms with van der Waals surface area (Å²) in [6.07, 6.45) is 4.22. The second-order valence-corrected chi connectivity index (χ2v) is 12.1. The molecule has 0 fully saturated rings. The quantitative estimate of drug-likeness (QED) is 0.118. The SMILES string of the molecule is C=CC1=C(C)c2cc3[nH]c(cc4nc(cc5[nH]c(cc1n2)c(C)c5CCC(=O)O)C(CCC(=O)O)=C4C)c(C)c3C=C.O=S(=O)(O)O.[Fe].[MgH2]. The molecule has 0 unspecified atom stereocenters. The van der Waals surface area contributed by atoms with Gasteiger partial charge in [0, 0.05) is 63.1 Å². The van der Waals surface area contributed by atoms with Crippen LogP contribution in [0.5, 0.6) is 0 Å². The zero-order valence-electron chi connectivity index (χ0n) is 26.8. The van der Waals surface area contributed by atoms with Crippen molar-refractivity contribution in [2.45, 2.75) is 53.4 Å². The summed E-state index contributed by atoms with van der Waals surface area (Å²) in [6.45, 7) is 16.0. The van der Waals surface area contributed by atoms with Gasteiger partial charge in [-0.25, -0.2) is 9.97 Å². The fourth-order valence-electron chi connectivity index (χ4n) is 5.77. The summed E-state index contributed by atoms with van der Waals surface area (Å²) in [7, 11) is -4.67. The molecule has 0 atom stereocenters. The van der Waals surface area contributed by atoms with E-state index in [-0.39, 0.29) is 53.0 Å². The monoisotopic (exact) mass is 742 g/mol. The topological polar surface area (TPSA) is 207 Å². The van der Waals surface area contributed by atoms with Crippen LogP contribution < -0.4 is 0 Å². The number of aromatic nitrogens is 4. The van der Waals surface area contributed by atoms with E-state index in [0.717, 1.165) is 83.7 Å². The van der Waals surface area contributed by atoms with E-state index in [2.05, 4.69) is 23.1 Å². The van der Waals surface area contributed by atoms with Gasteiger partial charge in [-0.15, -0.1) is 0 Å². The number of hydrogen-bond donors (Lipinski definition) is 6. The number of aryl methyl sites for hydroxylation is 3. The molecule has 0 aromatic carbocycles. The Bertz CT molecular complexity index is 2170. The number of H-pyrrole nitrogens is 2. The van der Waals surface area contributed by atoms with Crippen molar-refractivity contribution in [1.29, 1.82) is 0 Å². The largest absolute Gasteiger partial charge is 0.481 e. The third-order valence-electron chi connectivity index (χ3n) is 8.22. The molecule has 0 saturated carbocycles. The Morgan fingerprint density at radius 2 is 1.20 bits per heavy atom. The average molecular weight is 743 g/mol. The Morgan fingerprint density at radius 3 is 1.78 bits per heavy atom. The molecule has 15 heteroatoms. The van der Waals surface area contributed by atoms with Crippen molar-refractivity contribution in [3.05, 3.63) is 88.5 Å². The molecular formula is C34H38FeMgN4O8S. The van der Waals surface area contributed by atoms with Gasteiger partial charge >= 0.3 is 45.4 Å². The van der Waals surface area contributed by atoms with E-state index in [0.29, 0.717) is 18.5 Å². The Hall–Kier alpha value is -3.82. The Balaban J connectivity index is 0.00000111. The minimum atomic E-state index is -4.67. The summed E-state index contributed by atoms with van der Waals surface area (Å²) in [5, 5.41) is 18.9. The van der Waals surface area contributed by atoms with Gasteiger partial charge in [-0.05, 0) is 98.2 Å². The number of carbonyl (C=O) groups is 2. The van der Waals surface area contributed by atoms with Gasteiger partial charge in [-0.1, -0.05) is 25.3 Å². The van der Waals surface area contributed by atoms with Crippen molar-refractivity contribution >= 4 is 95.8 Å². The molecule has 5 rings (SSSR count). The van der Waals surface area contributed by atoms with Crippen LogP contribution in [0.15, 0.2) is 43.5 Å². The minimum absolute atomic E-state index is 0. The first-order valence-electron chi connectivity index (χ1n) is 14.6. The molecule has 0 amide bonds. The third kappa shape index (κ3) is 9.66. The van der Waals surface area contributed by atoms with Crippen LogP contribution in [0.2, 0.25) is 0 Å². The van der Waals surface area contributed by atoms with Gasteiger partial charge in [0.15, 0.2) is 0 Å². The fourth-order valence-corrected chi connectivity index (χ4v) is 5.77. The number of nitrogens with one attached hydrogen (secondary N) is 2. The maximum Gasteiger partial charge on any atom is 0.394 e. The molecule has 12 nitrogen and oxygen atoms in total. The number of nitrogens with zero attached hydrogens (tertiary/aromatic N) is 2. The van der Waals surface area contributed by atoms with Crippen LogP contribution >= 0.6 is 0 Å². The number of carboxylic acids is 2. The molecule has 0 radical (unpaired) electrons. The first-order chi connectivity index (χ1) is 22.0. The zero-order valence-corrected chi connectivity index (χ0v) is 28.7. The number of fused-ring (bicyclic) bond motifs is 8. The van der Waals surface area contributed by atoms with Crippen molar-refractivity contribution in [3.63, 3.8) is 0 Å². The van der Waals surface area contributed by atoms with Crippen LogP contribution in [0.25, 0.3) is 50.4 Å². The summed E-state index contributed by atoms with van der Waals surface area (Å²) >= 11 is 0. The van der Waals surface area contributed by atoms with Crippen LogP contribution in [0.3, 0.4) is 0 Å². The van der Waals surface area contributed by atoms with E-state index in [1.807, 2.05) is 58.0 Å². The van der Waals surface area contributed by atoms with E-state index in [4.69, 9.17) is 27.5 Å². The second-order valence-electron chi connectivity index (χ2n) is 11.2. The Morgan fingerprint density at radius 1 is 0.735 bits per heavy atom. The average Bonchev–Trinajstić information content (AvgIpc) is 3.63. The molecule has 2 aliphatic heterocycles. The molecule has 6 N–H and O–H groups in total. The second kappa shape index (κ2) is 16.7. The predicted octanol–water partition coefficient (Wildman–Crippen LogP) is 5.93. The van der Waals surface area contributed by atoms with Crippen LogP contribution in [0.4, 0.5) is 0 Å². The molecule has 258 valence electrons. The van der Waals surface area contributed by atoms with Crippen molar-refractivity contribution in [1.82, 2.24) is 19.9 Å². The summed E-state index contributed by atoms with van der Waals surface area (Å²) in [5.41, 5.74) is 13.7. The first kappa shape index (κ1) is 41.3. The zero-order chi connectivity index (χ0) is 34.8. The Kier molecular flexibility index (Phi) is 14.1. The van der Waals surface area contributed by atoms with Crippen LogP contribution in [-0.2, 0) is 43.5 Å². The van der Waals surface area contributed by atoms with E-state index in [9.17, 15) is 19.8 Å². The number of aromatic amines is 2. The van der Waals surface area contributed by atoms with Gasteiger partial charge in [-0.2, -0.15) is 8.42 Å². The number of allylic oxidation sites excluding steroid dienone is 5. The predicted molar refractivity (Wildman–Crippen MR) is 191 cm³/mol. The first-order valence-corrected chi connectivity index (χ1v) is 16.0. The fraction of sp³-hybridized carbons (Fsp3) is 0.235. The van der Waals surface area contributed by atoms with Gasteiger partial charge in [0.1, 0.15) is 0 Å². The minimum Gasteiger partial charge on any atom is -0.481 e. The number of hydrogen-bond acceptors (Lipinski definition) is 6. The molecule has 0 saturated heterocycles. The maximum atomic E-state index is 11.5. The van der Waals surface area contributed by atoms with Gasteiger partial charge in [-0.3, -0.25) is 18.7 Å². The molecule has 3 aromatic heterocycles. The molecule has 0 aliphatic carbocycles. The summed E-state index contributed by atoms with van der Waals surface area (Å²) in [5.74, 6) is -1.76. The molecule has 2 aliphatic rings. The molecule has 5 heterocycles. The van der Waals surface area contributed by atoms with Gasteiger partial charge in [0.2, 0.25) is 0 Å². The van der Waals surface area contributed by atoms with Gasteiger partial charge in [0.25, 0.3) is 0 Å². The van der Waals surface area contributed by atoms with E-state index < -0.39 is 22.3 Å². The summed E-state index contributed by atoms with van der Waals surface area (Å²) < 4.78 is 31.6. The molecular weight excluding hydrogens is 705 g/mol. The molecule has 3 aromatic rings. The van der Waals surface area contributed by atoms with E-state index in [1.165, 1.54) is 0 Å². The van der Waals surface area contributed by atoms with Crippen molar-refractivity contribution in [3.8, 4) is 0 Å².